The quantitative estimate of drug-likeness (QED) is 0.0641. The van der Waals surface area contributed by atoms with Crippen LogP contribution in [0.5, 0.6) is 0 Å². The number of ether oxygens (including phenoxy) is 1. The first kappa shape index (κ1) is 39.3. The molecule has 0 atom stereocenters. The Hall–Kier alpha value is -2.72. The number of nitrogens with one attached hydrogen (secondary N) is 1. The van der Waals surface area contributed by atoms with Crippen LogP contribution in [0.25, 0.3) is 5.72 Å². The number of nitrogens with zero attached hydrogens (tertiary/aromatic N) is 1. The molecule has 264 valence electrons. The van der Waals surface area contributed by atoms with Crippen LogP contribution in [0, 0.1) is 23.7 Å². The van der Waals surface area contributed by atoms with Gasteiger partial charge >= 0.3 is 25.7 Å². The lowest BCUT2D eigenvalue weighted by Crippen LogP contribution is -2.25. The Bertz CT molecular complexity index is 696. The molecule has 44 heavy (non-hydrogen) atoms. The Kier molecular flexibility index (Phi) is 31.1. The zero-order valence-electron chi connectivity index (χ0n) is 33.2. The first-order chi connectivity index (χ1) is 22.6. The molecule has 11 heteroatoms. The molecule has 0 aromatic carbocycles. The summed E-state index contributed by atoms with van der Waals surface area (Å²) in [4.78, 5) is 43.3. The first-order valence-electron chi connectivity index (χ1n) is 18.0. The Morgan fingerprint density at radius 3 is 1.68 bits per heavy atom. The van der Waals surface area contributed by atoms with E-state index in [0.717, 1.165) is 63.7 Å². The SMILES string of the molecule is [2H]OC(=O)CCCCC(C)C.[2H]OC(=O)N(C)CCCCCCC(C)C.[2H]OC(=O)NCCCC(C)C.[2H]OC(=O)OCCCC(C)C. The molecule has 0 saturated heterocycles. The van der Waals surface area contributed by atoms with Gasteiger partial charge in [-0.2, -0.15) is 0 Å². The minimum absolute atomic E-state index is 0.343. The summed E-state index contributed by atoms with van der Waals surface area (Å²) in [5.74, 6) is 2.33. The van der Waals surface area contributed by atoms with Gasteiger partial charge in [-0.05, 0) is 62.2 Å². The van der Waals surface area contributed by atoms with Crippen molar-refractivity contribution in [3.05, 3.63) is 0 Å². The fourth-order valence-corrected chi connectivity index (χ4v) is 3.52. The third-order valence-corrected chi connectivity index (χ3v) is 6.12. The van der Waals surface area contributed by atoms with E-state index in [2.05, 4.69) is 85.9 Å². The van der Waals surface area contributed by atoms with Crippen LogP contribution in [0.3, 0.4) is 0 Å². The maximum atomic E-state index is 10.8. The van der Waals surface area contributed by atoms with Crippen molar-refractivity contribution in [2.24, 2.45) is 23.7 Å². The summed E-state index contributed by atoms with van der Waals surface area (Å²) in [6.45, 7) is 18.9. The third kappa shape index (κ3) is 58.8. The van der Waals surface area contributed by atoms with Gasteiger partial charge in [0.1, 0.15) is 0 Å². The molecule has 2 amide bonds. The maximum Gasteiger partial charge on any atom is 0.505 e. The molecule has 0 aromatic heterocycles. The minimum Gasteiger partial charge on any atom is -0.481 e. The van der Waals surface area contributed by atoms with Gasteiger partial charge in [0, 0.05) is 26.6 Å². The number of aliphatic carboxylic acids is 1. The zero-order chi connectivity index (χ0) is 37.8. The maximum absolute atomic E-state index is 10.8. The second-order valence-electron chi connectivity index (χ2n) is 12.7. The molecule has 0 aliphatic heterocycles. The van der Waals surface area contributed by atoms with E-state index in [4.69, 9.17) is 5.72 Å². The van der Waals surface area contributed by atoms with E-state index in [1.807, 2.05) is 0 Å². The molecule has 0 aliphatic rings. The van der Waals surface area contributed by atoms with E-state index in [0.29, 0.717) is 43.9 Å². The molecule has 0 fully saturated rings. The predicted octanol–water partition coefficient (Wildman–Crippen LogP) is 9.30. The average molecular weight is 641 g/mol. The summed E-state index contributed by atoms with van der Waals surface area (Å²) in [6, 6.07) is 0. The van der Waals surface area contributed by atoms with Gasteiger partial charge < -0.3 is 35.4 Å². The van der Waals surface area contributed by atoms with Crippen molar-refractivity contribution in [2.75, 3.05) is 26.7 Å². The lowest BCUT2D eigenvalue weighted by Gasteiger charge is -2.12. The first-order valence-corrected chi connectivity index (χ1v) is 16.3. The Labute approximate surface area is 274 Å². The van der Waals surface area contributed by atoms with Crippen LogP contribution in [0.4, 0.5) is 14.4 Å². The van der Waals surface area contributed by atoms with Crippen LogP contribution in [0.2, 0.25) is 0 Å². The molecule has 11 nitrogen and oxygen atoms in total. The normalized spacial score (nSPS) is 11.1. The Morgan fingerprint density at radius 1 is 0.659 bits per heavy atom. The van der Waals surface area contributed by atoms with Gasteiger partial charge in [-0.25, -0.2) is 14.4 Å². The molecule has 0 heterocycles. The summed E-state index contributed by atoms with van der Waals surface area (Å²) >= 11 is 0. The van der Waals surface area contributed by atoms with E-state index >= 15 is 0 Å². The molecule has 0 spiro atoms. The van der Waals surface area contributed by atoms with Crippen molar-refractivity contribution in [1.82, 2.24) is 10.2 Å². The van der Waals surface area contributed by atoms with Crippen molar-refractivity contribution >= 4 is 24.3 Å². The van der Waals surface area contributed by atoms with Gasteiger partial charge in [0.15, 0.2) is 0 Å². The van der Waals surface area contributed by atoms with Crippen LogP contribution in [0.1, 0.15) is 139 Å². The molecular weight excluding hydrogens is 568 g/mol. The minimum atomic E-state index is -0.922. The number of hydrogen-bond donors (Lipinski definition) is 5. The molecule has 0 bridgehead atoms. The lowest BCUT2D eigenvalue weighted by molar-refractivity contribution is -0.137. The number of amides is 2. The highest BCUT2D eigenvalue weighted by atomic mass is 16.7. The van der Waals surface area contributed by atoms with Crippen molar-refractivity contribution in [3.8, 4) is 0 Å². The molecule has 0 aliphatic carbocycles. The topological polar surface area (TPSA) is 174 Å². The van der Waals surface area contributed by atoms with Crippen LogP contribution in [0.15, 0.2) is 0 Å². The third-order valence-electron chi connectivity index (χ3n) is 6.12. The smallest absolute Gasteiger partial charge is 0.481 e. The standard InChI is InChI=1S/C11H23NO2.C8H16O2.C7H15NO2.C7H14O3/c1-10(2)8-6-4-5-7-9-12(3)11(13)14;1-7(2)5-3-4-6-8(9)10;1-6(2)4-3-5-8-7(9)10;1-6(2)4-3-5-10-7(8)9/h10H,4-9H2,1-3H3,(H,13,14);7H,3-6H2,1-2H3,(H,9,10);6,8H,3-5H2,1-2H3,(H,9,10);6H,3-5H2,1-2H3,(H,8,9)/i/hD4. The van der Waals surface area contributed by atoms with Gasteiger partial charge in [-0.1, -0.05) is 93.9 Å². The largest absolute Gasteiger partial charge is 0.505 e. The number of carbonyl (C=O) groups is 4. The molecule has 0 radical (unpaired) electrons. The number of hydrogen-bond acceptors (Lipinski definition) is 9. The number of carboxylic acid groups (broad SMARTS) is 4. The van der Waals surface area contributed by atoms with Gasteiger partial charge in [-0.15, -0.1) is 0 Å². The summed E-state index contributed by atoms with van der Waals surface area (Å²) in [7, 11) is 1.66. The highest BCUT2D eigenvalue weighted by Gasteiger charge is 2.03. The second kappa shape index (κ2) is 34.8. The molecular formula is C33H68N2O9. The molecule has 0 unspecified atom stereocenters. The fraction of sp³-hybridized carbons (Fsp3) is 0.879. The van der Waals surface area contributed by atoms with Gasteiger partial charge in [0.25, 0.3) is 4.29 Å². The van der Waals surface area contributed by atoms with Crippen molar-refractivity contribution in [1.29, 1.82) is 5.72 Å². The average Bonchev–Trinajstić information content (AvgIpc) is 3.04. The predicted molar refractivity (Wildman–Crippen MR) is 178 cm³/mol. The number of unbranched alkanes of at least 4 members (excludes halogenated alkanes) is 4. The monoisotopic (exact) mass is 641 g/mol. The van der Waals surface area contributed by atoms with E-state index in [1.54, 1.807) is 7.05 Å². The van der Waals surface area contributed by atoms with Crippen molar-refractivity contribution in [2.45, 2.75) is 139 Å². The van der Waals surface area contributed by atoms with Crippen LogP contribution >= 0.6 is 0 Å². The summed E-state index contributed by atoms with van der Waals surface area (Å²) in [5, 5.41) is 17.3. The Morgan fingerprint density at radius 2 is 1.18 bits per heavy atom. The second-order valence-corrected chi connectivity index (χ2v) is 12.7. The van der Waals surface area contributed by atoms with Crippen LogP contribution in [-0.2, 0) is 9.53 Å². The molecule has 0 aromatic rings. The summed E-state index contributed by atoms with van der Waals surface area (Å²) in [5.41, 5.74) is 0. The highest BCUT2D eigenvalue weighted by molar-refractivity contribution is 5.66. The van der Waals surface area contributed by atoms with Crippen LogP contribution < -0.4 is 5.32 Å². The summed E-state index contributed by atoms with van der Waals surface area (Å²) < 4.78 is 29.6. The number of rotatable bonds is 20. The van der Waals surface area contributed by atoms with Gasteiger partial charge in [-0.3, -0.25) is 4.79 Å². The molecule has 0 rings (SSSR count). The zero-order valence-corrected chi connectivity index (χ0v) is 29.2. The van der Waals surface area contributed by atoms with E-state index in [9.17, 15) is 19.2 Å². The van der Waals surface area contributed by atoms with Crippen LogP contribution in [-0.4, -0.2) is 76.4 Å². The molecule has 0 saturated carbocycles. The summed E-state index contributed by atoms with van der Waals surface area (Å²) in [6.07, 6.45) is 11.0. The van der Waals surface area contributed by atoms with Gasteiger partial charge in [0.05, 0.1) is 6.61 Å². The van der Waals surface area contributed by atoms with Crippen molar-refractivity contribution < 1.29 is 44.4 Å². The highest BCUT2D eigenvalue weighted by Crippen LogP contribution is 2.10. The fourth-order valence-electron chi connectivity index (χ4n) is 3.52. The lowest BCUT2D eigenvalue weighted by atomic mass is 10.0. The Balaban J connectivity index is -0.000000272. The van der Waals surface area contributed by atoms with E-state index in [1.165, 1.54) is 24.2 Å². The van der Waals surface area contributed by atoms with Gasteiger partial charge in [0.2, 0.25) is 0 Å². The molecule has 5 N–H and O–H groups in total. The number of carboxylic acids is 1. The van der Waals surface area contributed by atoms with E-state index in [-0.39, 0.29) is 0 Å². The van der Waals surface area contributed by atoms with Crippen molar-refractivity contribution in [3.63, 3.8) is 0 Å². The van der Waals surface area contributed by atoms with E-state index < -0.39 is 24.3 Å².